The molecule has 0 radical (unpaired) electrons. The molecule has 0 spiro atoms. The lowest BCUT2D eigenvalue weighted by molar-refractivity contribution is 1.00. The zero-order valence-corrected chi connectivity index (χ0v) is 15.1. The Bertz CT molecular complexity index is 821. The first-order valence-corrected chi connectivity index (χ1v) is 9.39. The topological polar surface area (TPSA) is 63.8 Å². The molecule has 2 aromatic carbocycles. The first kappa shape index (κ1) is 17.3. The van der Waals surface area contributed by atoms with Crippen molar-refractivity contribution in [1.29, 1.82) is 0 Å². The van der Waals surface area contributed by atoms with Gasteiger partial charge in [-0.1, -0.05) is 48.5 Å². The molecule has 1 aromatic heterocycles. The molecular weight excluding hydrogens is 328 g/mol. The number of hydrogen-bond donors (Lipinski definition) is 2. The average molecular weight is 350 g/mol. The molecule has 0 aliphatic carbocycles. The largest absolute Gasteiger partial charge is 0.383 e. The predicted molar refractivity (Wildman–Crippen MR) is 106 cm³/mol. The van der Waals surface area contributed by atoms with Gasteiger partial charge in [0, 0.05) is 35.5 Å². The number of nitrogens with zero attached hydrogens (tertiary/aromatic N) is 2. The molecule has 128 valence electrons. The lowest BCUT2D eigenvalue weighted by Gasteiger charge is -2.13. The molecule has 0 atom stereocenters. The number of aryl methyl sites for hydroxylation is 1. The van der Waals surface area contributed by atoms with Gasteiger partial charge in [0.25, 0.3) is 0 Å². The number of nitrogen functional groups attached to an aromatic ring is 1. The summed E-state index contributed by atoms with van der Waals surface area (Å²) in [5, 5.41) is 3.47. The third-order valence-corrected chi connectivity index (χ3v) is 4.93. The summed E-state index contributed by atoms with van der Waals surface area (Å²) in [4.78, 5) is 8.44. The van der Waals surface area contributed by atoms with E-state index in [2.05, 4.69) is 57.7 Å². The van der Waals surface area contributed by atoms with Gasteiger partial charge in [-0.15, -0.1) is 0 Å². The molecule has 0 aliphatic rings. The Morgan fingerprint density at radius 3 is 2.52 bits per heavy atom. The molecule has 3 aromatic rings. The van der Waals surface area contributed by atoms with Crippen LogP contribution in [-0.4, -0.2) is 9.97 Å². The lowest BCUT2D eigenvalue weighted by atomic mass is 10.2. The van der Waals surface area contributed by atoms with Crippen LogP contribution in [0.15, 0.2) is 60.8 Å². The molecule has 0 aliphatic heterocycles. The molecular formula is C20H22N4S. The summed E-state index contributed by atoms with van der Waals surface area (Å²) in [7, 11) is 0. The van der Waals surface area contributed by atoms with Gasteiger partial charge in [-0.3, -0.25) is 0 Å². The van der Waals surface area contributed by atoms with E-state index in [4.69, 9.17) is 5.73 Å². The van der Waals surface area contributed by atoms with E-state index in [1.54, 1.807) is 6.20 Å². The number of rotatable bonds is 7. The van der Waals surface area contributed by atoms with Crippen molar-refractivity contribution in [2.24, 2.45) is 0 Å². The molecule has 1 heterocycles. The standard InChI is InChI=1S/C20H22N4S/c1-15-22-11-18(20(21)24-15)12-23-19-10-6-5-9-17(19)14-25-13-16-7-3-2-4-8-16/h2-11,23H,12-14H2,1H3,(H2,21,22,24). The maximum absolute atomic E-state index is 5.97. The molecule has 0 saturated carbocycles. The molecule has 4 nitrogen and oxygen atoms in total. The summed E-state index contributed by atoms with van der Waals surface area (Å²) >= 11 is 1.91. The third kappa shape index (κ3) is 4.97. The van der Waals surface area contributed by atoms with E-state index in [1.165, 1.54) is 11.1 Å². The fraction of sp³-hybridized carbons (Fsp3) is 0.200. The molecule has 25 heavy (non-hydrogen) atoms. The van der Waals surface area contributed by atoms with Gasteiger partial charge < -0.3 is 11.1 Å². The second-order valence-electron chi connectivity index (χ2n) is 5.82. The Morgan fingerprint density at radius 1 is 0.960 bits per heavy atom. The van der Waals surface area contributed by atoms with Crippen molar-refractivity contribution in [3.63, 3.8) is 0 Å². The van der Waals surface area contributed by atoms with Gasteiger partial charge in [0.2, 0.25) is 0 Å². The summed E-state index contributed by atoms with van der Waals surface area (Å²) in [5.74, 6) is 3.20. The fourth-order valence-corrected chi connectivity index (χ4v) is 3.51. The number of aromatic nitrogens is 2. The minimum Gasteiger partial charge on any atom is -0.383 e. The molecule has 3 N–H and O–H groups in total. The highest BCUT2D eigenvalue weighted by Gasteiger charge is 2.05. The van der Waals surface area contributed by atoms with Crippen molar-refractivity contribution in [2.45, 2.75) is 25.0 Å². The SMILES string of the molecule is Cc1ncc(CNc2ccccc2CSCc2ccccc2)c(N)n1. The zero-order valence-electron chi connectivity index (χ0n) is 14.3. The van der Waals surface area contributed by atoms with Crippen molar-refractivity contribution in [1.82, 2.24) is 9.97 Å². The van der Waals surface area contributed by atoms with Gasteiger partial charge in [-0.25, -0.2) is 9.97 Å². The monoisotopic (exact) mass is 350 g/mol. The van der Waals surface area contributed by atoms with E-state index in [0.717, 1.165) is 22.8 Å². The van der Waals surface area contributed by atoms with Crippen LogP contribution in [0.1, 0.15) is 22.5 Å². The van der Waals surface area contributed by atoms with E-state index < -0.39 is 0 Å². The Morgan fingerprint density at radius 2 is 1.72 bits per heavy atom. The highest BCUT2D eigenvalue weighted by atomic mass is 32.2. The molecule has 3 rings (SSSR count). The second-order valence-corrected chi connectivity index (χ2v) is 6.80. The number of para-hydroxylation sites is 1. The van der Waals surface area contributed by atoms with Crippen molar-refractivity contribution < 1.29 is 0 Å². The fourth-order valence-electron chi connectivity index (χ4n) is 2.51. The van der Waals surface area contributed by atoms with Crippen LogP contribution in [0.4, 0.5) is 11.5 Å². The summed E-state index contributed by atoms with van der Waals surface area (Å²) in [5.41, 5.74) is 10.7. The number of hydrogen-bond acceptors (Lipinski definition) is 5. The maximum Gasteiger partial charge on any atom is 0.132 e. The first-order chi connectivity index (χ1) is 12.2. The second kappa shape index (κ2) is 8.53. The van der Waals surface area contributed by atoms with Gasteiger partial charge >= 0.3 is 0 Å². The van der Waals surface area contributed by atoms with Crippen LogP contribution in [0.5, 0.6) is 0 Å². The Kier molecular flexibility index (Phi) is 5.90. The van der Waals surface area contributed by atoms with E-state index in [-0.39, 0.29) is 0 Å². The van der Waals surface area contributed by atoms with Crippen LogP contribution in [-0.2, 0) is 18.1 Å². The van der Waals surface area contributed by atoms with Crippen molar-refractivity contribution in [3.05, 3.63) is 83.3 Å². The lowest BCUT2D eigenvalue weighted by Crippen LogP contribution is -2.07. The molecule has 0 amide bonds. The number of benzene rings is 2. The Hall–Kier alpha value is -2.53. The third-order valence-electron chi connectivity index (χ3n) is 3.87. The minimum absolute atomic E-state index is 0.538. The van der Waals surface area contributed by atoms with Gasteiger partial charge in [-0.2, -0.15) is 11.8 Å². The van der Waals surface area contributed by atoms with Crippen LogP contribution < -0.4 is 11.1 Å². The highest BCUT2D eigenvalue weighted by Crippen LogP contribution is 2.24. The van der Waals surface area contributed by atoms with E-state index in [9.17, 15) is 0 Å². The minimum atomic E-state index is 0.538. The van der Waals surface area contributed by atoms with Crippen LogP contribution in [0, 0.1) is 6.92 Å². The van der Waals surface area contributed by atoms with Crippen molar-refractivity contribution in [2.75, 3.05) is 11.1 Å². The summed E-state index contributed by atoms with van der Waals surface area (Å²) < 4.78 is 0. The van der Waals surface area contributed by atoms with Gasteiger partial charge in [0.1, 0.15) is 11.6 Å². The van der Waals surface area contributed by atoms with Gasteiger partial charge in [-0.05, 0) is 24.1 Å². The number of nitrogens with two attached hydrogens (primary N) is 1. The van der Waals surface area contributed by atoms with Crippen molar-refractivity contribution in [3.8, 4) is 0 Å². The van der Waals surface area contributed by atoms with E-state index in [0.29, 0.717) is 18.2 Å². The van der Waals surface area contributed by atoms with Gasteiger partial charge in [0.15, 0.2) is 0 Å². The van der Waals surface area contributed by atoms with E-state index >= 15 is 0 Å². The van der Waals surface area contributed by atoms with Crippen LogP contribution in [0.2, 0.25) is 0 Å². The van der Waals surface area contributed by atoms with E-state index in [1.807, 2.05) is 30.8 Å². The summed E-state index contributed by atoms with van der Waals surface area (Å²) in [6, 6.07) is 18.9. The molecule has 5 heteroatoms. The quantitative estimate of drug-likeness (QED) is 0.661. The maximum atomic E-state index is 5.97. The summed E-state index contributed by atoms with van der Waals surface area (Å²) in [6.07, 6.45) is 1.79. The van der Waals surface area contributed by atoms with Crippen LogP contribution in [0.25, 0.3) is 0 Å². The highest BCUT2D eigenvalue weighted by molar-refractivity contribution is 7.97. The van der Waals surface area contributed by atoms with Gasteiger partial charge in [0.05, 0.1) is 0 Å². The molecule has 0 fully saturated rings. The zero-order chi connectivity index (χ0) is 17.5. The summed E-state index contributed by atoms with van der Waals surface area (Å²) in [6.45, 7) is 2.46. The normalized spacial score (nSPS) is 10.6. The number of nitrogens with one attached hydrogen (secondary N) is 1. The number of anilines is 2. The van der Waals surface area contributed by atoms with Crippen LogP contribution >= 0.6 is 11.8 Å². The molecule has 0 saturated heterocycles. The number of thioether (sulfide) groups is 1. The molecule has 0 bridgehead atoms. The predicted octanol–water partition coefficient (Wildman–Crippen LogP) is 4.41. The molecule has 0 unspecified atom stereocenters. The van der Waals surface area contributed by atoms with Crippen molar-refractivity contribution >= 4 is 23.3 Å². The first-order valence-electron chi connectivity index (χ1n) is 8.24. The van der Waals surface area contributed by atoms with Crippen LogP contribution in [0.3, 0.4) is 0 Å². The Balaban J connectivity index is 1.60. The average Bonchev–Trinajstić information content (AvgIpc) is 2.63. The Labute approximate surface area is 152 Å². The smallest absolute Gasteiger partial charge is 0.132 e.